The fourth-order valence-electron chi connectivity index (χ4n) is 2.26. The first-order valence-electron chi connectivity index (χ1n) is 6.99. The first-order valence-corrected chi connectivity index (χ1v) is 6.99. The molecule has 1 unspecified atom stereocenters. The Balaban J connectivity index is 2.77. The zero-order valence-electron chi connectivity index (χ0n) is 12.2. The van der Waals surface area contributed by atoms with Gasteiger partial charge in [0.1, 0.15) is 12.1 Å². The van der Waals surface area contributed by atoms with Crippen LogP contribution < -0.4 is 10.6 Å². The van der Waals surface area contributed by atoms with E-state index in [2.05, 4.69) is 10.6 Å². The maximum absolute atomic E-state index is 12.2. The largest absolute Gasteiger partial charge is 0.480 e. The number of amides is 3. The van der Waals surface area contributed by atoms with Gasteiger partial charge in [0.15, 0.2) is 0 Å². The summed E-state index contributed by atoms with van der Waals surface area (Å²) in [6, 6.07) is -1.95. The van der Waals surface area contributed by atoms with E-state index in [0.717, 1.165) is 0 Å². The second kappa shape index (κ2) is 7.12. The molecule has 3 amide bonds. The summed E-state index contributed by atoms with van der Waals surface area (Å²) in [7, 11) is 0. The molecule has 0 radical (unpaired) electrons. The lowest BCUT2D eigenvalue weighted by atomic mass is 9.99. The van der Waals surface area contributed by atoms with Crippen LogP contribution in [0, 0.1) is 5.92 Å². The van der Waals surface area contributed by atoms with E-state index in [0.29, 0.717) is 25.9 Å². The molecule has 1 aliphatic heterocycles. The predicted octanol–water partition coefficient (Wildman–Crippen LogP) is 0.406. The number of carbonyl (C=O) groups excluding carboxylic acids is 2. The maximum Gasteiger partial charge on any atom is 0.326 e. The first kappa shape index (κ1) is 16.3. The molecule has 3 N–H and O–H groups in total. The average Bonchev–Trinajstić information content (AvgIpc) is 2.42. The molecule has 1 aliphatic rings. The molecule has 7 nitrogen and oxygen atoms in total. The van der Waals surface area contributed by atoms with Crippen LogP contribution in [0.4, 0.5) is 4.79 Å². The van der Waals surface area contributed by atoms with Crippen molar-refractivity contribution in [2.24, 2.45) is 5.92 Å². The van der Waals surface area contributed by atoms with Gasteiger partial charge in [-0.15, -0.1) is 0 Å². The van der Waals surface area contributed by atoms with Gasteiger partial charge in [0.25, 0.3) is 0 Å². The van der Waals surface area contributed by atoms with E-state index in [9.17, 15) is 19.5 Å². The lowest BCUT2D eigenvalue weighted by Gasteiger charge is -2.35. The predicted molar refractivity (Wildman–Crippen MR) is 73.2 cm³/mol. The summed E-state index contributed by atoms with van der Waals surface area (Å²) >= 11 is 0. The van der Waals surface area contributed by atoms with Crippen LogP contribution in [0.25, 0.3) is 0 Å². The Hall–Kier alpha value is -1.79. The number of hydrogen-bond acceptors (Lipinski definition) is 3. The molecule has 20 heavy (non-hydrogen) atoms. The standard InChI is InChI=1S/C13H23N3O4/c1-4-8(3)10(12(18)19)15-13(20)16-7-6-14-11(17)9(16)5-2/h8-10H,4-7H2,1-3H3,(H,14,17)(H,15,20)(H,18,19)/t8-,9?,10-/m0/s1. The molecule has 3 atom stereocenters. The molecule has 0 aromatic carbocycles. The number of carbonyl (C=O) groups is 3. The fraction of sp³-hybridized carbons (Fsp3) is 0.769. The number of hydrogen-bond donors (Lipinski definition) is 3. The number of rotatable bonds is 5. The van der Waals surface area contributed by atoms with Crippen LogP contribution in [0.2, 0.25) is 0 Å². The Morgan fingerprint density at radius 1 is 1.50 bits per heavy atom. The molecular formula is C13H23N3O4. The van der Waals surface area contributed by atoms with Crippen LogP contribution in [0.5, 0.6) is 0 Å². The summed E-state index contributed by atoms with van der Waals surface area (Å²) in [5, 5.41) is 14.4. The molecule has 0 aromatic rings. The molecule has 1 heterocycles. The van der Waals surface area contributed by atoms with Gasteiger partial charge in [-0.1, -0.05) is 27.2 Å². The third-order valence-electron chi connectivity index (χ3n) is 3.74. The van der Waals surface area contributed by atoms with Crippen LogP contribution >= 0.6 is 0 Å². The van der Waals surface area contributed by atoms with E-state index in [-0.39, 0.29) is 11.8 Å². The minimum atomic E-state index is -1.05. The molecule has 0 bridgehead atoms. The van der Waals surface area contributed by atoms with Gasteiger partial charge in [0.05, 0.1) is 0 Å². The molecule has 0 aromatic heterocycles. The highest BCUT2D eigenvalue weighted by molar-refractivity contribution is 5.89. The Morgan fingerprint density at radius 2 is 2.15 bits per heavy atom. The Labute approximate surface area is 118 Å². The maximum atomic E-state index is 12.2. The summed E-state index contributed by atoms with van der Waals surface area (Å²) in [6.45, 7) is 6.25. The van der Waals surface area contributed by atoms with Crippen molar-refractivity contribution >= 4 is 17.9 Å². The highest BCUT2D eigenvalue weighted by atomic mass is 16.4. The fourth-order valence-corrected chi connectivity index (χ4v) is 2.26. The van der Waals surface area contributed by atoms with Crippen molar-refractivity contribution in [2.45, 2.75) is 45.7 Å². The number of nitrogens with one attached hydrogen (secondary N) is 2. The summed E-state index contributed by atoms with van der Waals surface area (Å²) in [4.78, 5) is 36.6. The lowest BCUT2D eigenvalue weighted by Crippen LogP contribution is -2.61. The lowest BCUT2D eigenvalue weighted by molar-refractivity contribution is -0.140. The van der Waals surface area contributed by atoms with E-state index >= 15 is 0 Å². The minimum absolute atomic E-state index is 0.171. The molecule has 1 fully saturated rings. The smallest absolute Gasteiger partial charge is 0.326 e. The summed E-state index contributed by atoms with van der Waals surface area (Å²) in [5.41, 5.74) is 0. The van der Waals surface area contributed by atoms with Gasteiger partial charge in [-0.25, -0.2) is 9.59 Å². The number of carboxylic acid groups (broad SMARTS) is 1. The van der Waals surface area contributed by atoms with Crippen molar-refractivity contribution in [2.75, 3.05) is 13.1 Å². The van der Waals surface area contributed by atoms with Gasteiger partial charge in [-0.3, -0.25) is 4.79 Å². The number of urea groups is 1. The number of piperazine rings is 1. The third kappa shape index (κ3) is 3.61. The van der Waals surface area contributed by atoms with Gasteiger partial charge in [0, 0.05) is 13.1 Å². The van der Waals surface area contributed by atoms with Crippen LogP contribution in [0.1, 0.15) is 33.6 Å². The van der Waals surface area contributed by atoms with Crippen molar-refractivity contribution in [3.8, 4) is 0 Å². The third-order valence-corrected chi connectivity index (χ3v) is 3.74. The Kier molecular flexibility index (Phi) is 5.79. The number of nitrogens with zero attached hydrogens (tertiary/aromatic N) is 1. The number of aliphatic carboxylic acids is 1. The molecule has 1 saturated heterocycles. The molecule has 0 saturated carbocycles. The summed E-state index contributed by atoms with van der Waals surface area (Å²) in [5.74, 6) is -1.42. The van der Waals surface area contributed by atoms with E-state index < -0.39 is 24.1 Å². The highest BCUT2D eigenvalue weighted by Crippen LogP contribution is 2.12. The van der Waals surface area contributed by atoms with Crippen molar-refractivity contribution in [3.05, 3.63) is 0 Å². The van der Waals surface area contributed by atoms with Crippen LogP contribution in [0.15, 0.2) is 0 Å². The van der Waals surface area contributed by atoms with Crippen LogP contribution in [0.3, 0.4) is 0 Å². The highest BCUT2D eigenvalue weighted by Gasteiger charge is 2.34. The van der Waals surface area contributed by atoms with Gasteiger partial charge < -0.3 is 20.6 Å². The van der Waals surface area contributed by atoms with Gasteiger partial charge in [-0.2, -0.15) is 0 Å². The van der Waals surface area contributed by atoms with E-state index in [1.54, 1.807) is 6.92 Å². The molecule has 0 aliphatic carbocycles. The van der Waals surface area contributed by atoms with Crippen LogP contribution in [-0.2, 0) is 9.59 Å². The van der Waals surface area contributed by atoms with Crippen molar-refractivity contribution < 1.29 is 19.5 Å². The zero-order valence-corrected chi connectivity index (χ0v) is 12.2. The Bertz CT molecular complexity index is 386. The van der Waals surface area contributed by atoms with Crippen LogP contribution in [-0.4, -0.2) is 53.1 Å². The first-order chi connectivity index (χ1) is 9.42. The molecule has 1 rings (SSSR count). The molecular weight excluding hydrogens is 262 g/mol. The van der Waals surface area contributed by atoms with Crippen molar-refractivity contribution in [3.63, 3.8) is 0 Å². The van der Waals surface area contributed by atoms with Crippen molar-refractivity contribution in [1.29, 1.82) is 0 Å². The van der Waals surface area contributed by atoms with Gasteiger partial charge in [0.2, 0.25) is 5.91 Å². The molecule has 114 valence electrons. The average molecular weight is 285 g/mol. The second-order valence-corrected chi connectivity index (χ2v) is 5.06. The van der Waals surface area contributed by atoms with Gasteiger partial charge >= 0.3 is 12.0 Å². The molecule has 0 spiro atoms. The quantitative estimate of drug-likeness (QED) is 0.681. The Morgan fingerprint density at radius 3 is 2.65 bits per heavy atom. The number of carboxylic acids is 1. The normalized spacial score (nSPS) is 21.9. The zero-order chi connectivity index (χ0) is 15.3. The summed E-state index contributed by atoms with van der Waals surface area (Å²) < 4.78 is 0. The van der Waals surface area contributed by atoms with Crippen molar-refractivity contribution in [1.82, 2.24) is 15.5 Å². The minimum Gasteiger partial charge on any atom is -0.480 e. The van der Waals surface area contributed by atoms with E-state index in [1.807, 2.05) is 13.8 Å². The monoisotopic (exact) mass is 285 g/mol. The SMILES string of the molecule is CCC1C(=O)NCCN1C(=O)N[C@H](C(=O)O)[C@@H](C)CC. The van der Waals surface area contributed by atoms with Gasteiger partial charge in [-0.05, 0) is 12.3 Å². The van der Waals surface area contributed by atoms with E-state index in [4.69, 9.17) is 0 Å². The molecule has 7 heteroatoms. The topological polar surface area (TPSA) is 98.7 Å². The van der Waals surface area contributed by atoms with E-state index in [1.165, 1.54) is 4.90 Å². The second-order valence-electron chi connectivity index (χ2n) is 5.06. The summed E-state index contributed by atoms with van der Waals surface area (Å²) in [6.07, 6.45) is 1.15.